The van der Waals surface area contributed by atoms with E-state index in [9.17, 15) is 24.9 Å². The second kappa shape index (κ2) is 15.1. The molecule has 6 rings (SSSR count). The van der Waals surface area contributed by atoms with Gasteiger partial charge >= 0.3 is 5.97 Å². The smallest absolute Gasteiger partial charge is 0.333 e. The monoisotopic (exact) mass is 734 g/mol. The molecule has 0 amide bonds. The van der Waals surface area contributed by atoms with Crippen LogP contribution in [-0.4, -0.2) is 114 Å². The van der Waals surface area contributed by atoms with E-state index in [4.69, 9.17) is 33.2 Å². The first kappa shape index (κ1) is 39.9. The Morgan fingerprint density at radius 1 is 0.923 bits per heavy atom. The van der Waals surface area contributed by atoms with Crippen LogP contribution in [0.5, 0.6) is 0 Å². The molecule has 0 aromatic heterocycles. The van der Waals surface area contributed by atoms with Gasteiger partial charge in [0.05, 0.1) is 30.0 Å². The van der Waals surface area contributed by atoms with Gasteiger partial charge in [-0.25, -0.2) is 4.79 Å². The molecule has 3 N–H and O–H groups in total. The van der Waals surface area contributed by atoms with Crippen molar-refractivity contribution in [1.82, 2.24) is 0 Å². The number of carbonyl (C=O) groups excluding carboxylic acids is 2. The van der Waals surface area contributed by atoms with Gasteiger partial charge in [0.15, 0.2) is 12.6 Å². The van der Waals surface area contributed by atoms with Crippen LogP contribution in [0.4, 0.5) is 0 Å². The summed E-state index contributed by atoms with van der Waals surface area (Å²) in [5.74, 6) is -0.705. The second-order valence-corrected chi connectivity index (χ2v) is 16.9. The topological polar surface area (TPSA) is 159 Å². The third kappa shape index (κ3) is 6.55. The first-order valence-electron chi connectivity index (χ1n) is 19.3. The highest BCUT2D eigenvalue weighted by Gasteiger charge is 2.71. The Balaban J connectivity index is 1.15. The highest BCUT2D eigenvalue weighted by atomic mass is 16.7. The van der Waals surface area contributed by atoms with Gasteiger partial charge in [0.1, 0.15) is 36.3 Å². The zero-order valence-electron chi connectivity index (χ0n) is 32.4. The quantitative estimate of drug-likeness (QED) is 0.177. The van der Waals surface area contributed by atoms with Crippen molar-refractivity contribution in [1.29, 1.82) is 0 Å². The van der Waals surface area contributed by atoms with E-state index >= 15 is 0 Å². The van der Waals surface area contributed by atoms with E-state index in [-0.39, 0.29) is 35.1 Å². The summed E-state index contributed by atoms with van der Waals surface area (Å²) in [7, 11) is 3.05. The Kier molecular flexibility index (Phi) is 11.6. The molecule has 0 radical (unpaired) electrons. The molecule has 2 saturated heterocycles. The summed E-state index contributed by atoms with van der Waals surface area (Å²) in [5, 5.41) is 33.9. The zero-order chi connectivity index (χ0) is 37.9. The summed E-state index contributed by atoms with van der Waals surface area (Å²) in [4.78, 5) is 26.2. The molecule has 0 bridgehead atoms. The summed E-state index contributed by atoms with van der Waals surface area (Å²) in [6.45, 7) is 13.0. The molecule has 17 unspecified atom stereocenters. The van der Waals surface area contributed by atoms with E-state index in [0.717, 1.165) is 19.3 Å². The van der Waals surface area contributed by atoms with Crippen LogP contribution in [0.3, 0.4) is 0 Å². The lowest BCUT2D eigenvalue weighted by Crippen LogP contribution is -2.66. The van der Waals surface area contributed by atoms with E-state index in [2.05, 4.69) is 13.0 Å². The van der Waals surface area contributed by atoms with Gasteiger partial charge in [-0.05, 0) is 96.8 Å². The Labute approximate surface area is 308 Å². The third-order valence-corrected chi connectivity index (χ3v) is 14.4. The number of allylic oxidation sites excluding steroid dienone is 2. The van der Waals surface area contributed by atoms with Crippen LogP contribution >= 0.6 is 0 Å². The summed E-state index contributed by atoms with van der Waals surface area (Å²) >= 11 is 0. The molecule has 2 aliphatic heterocycles. The number of fused-ring (bicyclic) bond motifs is 5. The molecule has 6 aliphatic rings. The van der Waals surface area contributed by atoms with Crippen molar-refractivity contribution in [2.75, 3.05) is 14.2 Å². The second-order valence-electron chi connectivity index (χ2n) is 16.9. The predicted molar refractivity (Wildman–Crippen MR) is 189 cm³/mol. The van der Waals surface area contributed by atoms with Gasteiger partial charge in [0, 0.05) is 37.5 Å². The molecule has 5 fully saturated rings. The number of ketones is 1. The maximum absolute atomic E-state index is 13.2. The van der Waals surface area contributed by atoms with Gasteiger partial charge in [-0.15, -0.1) is 0 Å². The summed E-state index contributed by atoms with van der Waals surface area (Å²) in [6, 6.07) is 0. The molecule has 0 aromatic rings. The number of rotatable bonds is 9. The third-order valence-electron chi connectivity index (χ3n) is 14.4. The minimum absolute atomic E-state index is 0.0403. The first-order valence-corrected chi connectivity index (χ1v) is 19.3. The van der Waals surface area contributed by atoms with E-state index in [1.165, 1.54) is 12.7 Å². The SMILES string of the molecule is CC=C(C)C(=O)OC1CC2C(CC=C3CC(OC4CC(OC)C(OC5OC(C)C(O)C(OC)C5O)C(C)O4)CCC32C)C2(O)CCC(C(C)=O)C12C. The van der Waals surface area contributed by atoms with Crippen LogP contribution in [0.1, 0.15) is 99.8 Å². The molecular formula is C40H62O12. The van der Waals surface area contributed by atoms with Gasteiger partial charge in [-0.3, -0.25) is 4.79 Å². The van der Waals surface area contributed by atoms with Crippen LogP contribution in [0, 0.1) is 28.6 Å². The first-order chi connectivity index (χ1) is 24.5. The Hall–Kier alpha value is -1.74. The normalized spacial score (nSPS) is 49.3. The average Bonchev–Trinajstić information content (AvgIpc) is 3.40. The maximum Gasteiger partial charge on any atom is 0.333 e. The zero-order valence-corrected chi connectivity index (χ0v) is 32.4. The number of esters is 1. The van der Waals surface area contributed by atoms with Gasteiger partial charge in [0.25, 0.3) is 0 Å². The Morgan fingerprint density at radius 2 is 1.65 bits per heavy atom. The van der Waals surface area contributed by atoms with Crippen LogP contribution in [0.2, 0.25) is 0 Å². The molecular weight excluding hydrogens is 672 g/mol. The van der Waals surface area contributed by atoms with Crippen molar-refractivity contribution >= 4 is 11.8 Å². The number of aliphatic hydroxyl groups is 3. The van der Waals surface area contributed by atoms with E-state index in [1.54, 1.807) is 34.0 Å². The fourth-order valence-electron chi connectivity index (χ4n) is 11.1. The molecule has 17 atom stereocenters. The van der Waals surface area contributed by atoms with Crippen LogP contribution in [0.25, 0.3) is 0 Å². The Morgan fingerprint density at radius 3 is 2.31 bits per heavy atom. The highest BCUT2D eigenvalue weighted by molar-refractivity contribution is 5.88. The molecule has 294 valence electrons. The molecule has 12 heteroatoms. The summed E-state index contributed by atoms with van der Waals surface area (Å²) in [5.41, 5.74) is -0.419. The van der Waals surface area contributed by atoms with Gasteiger partial charge in [-0.1, -0.05) is 31.6 Å². The van der Waals surface area contributed by atoms with Crippen LogP contribution < -0.4 is 0 Å². The van der Waals surface area contributed by atoms with Crippen molar-refractivity contribution < 1.29 is 58.1 Å². The number of carbonyl (C=O) groups is 2. The molecule has 0 spiro atoms. The fraction of sp³-hybridized carbons (Fsp3) is 0.850. The number of hydrogen-bond donors (Lipinski definition) is 3. The van der Waals surface area contributed by atoms with Gasteiger partial charge < -0.3 is 48.5 Å². The van der Waals surface area contributed by atoms with Gasteiger partial charge in [-0.2, -0.15) is 0 Å². The minimum atomic E-state index is -1.20. The molecule has 4 aliphatic carbocycles. The predicted octanol–water partition coefficient (Wildman–Crippen LogP) is 4.16. The number of ether oxygens (including phenoxy) is 7. The standard InChI is InChI=1S/C40H62O12/c1-10-20(2)36(44)51-30-18-28-27(40(45)16-14-26(21(3)41)39(30,40)7)12-11-24-17-25(13-15-38(24,28)6)50-31-19-29(46-8)34(23(5)48-31)52-37-33(43)35(47-9)32(42)22(4)49-37/h10-11,22-23,25-35,37,42-43,45H,12-19H2,1-9H3. The average molecular weight is 735 g/mol. The lowest BCUT2D eigenvalue weighted by Gasteiger charge is -2.63. The molecule has 2 heterocycles. The highest BCUT2D eigenvalue weighted by Crippen LogP contribution is 2.68. The fourth-order valence-corrected chi connectivity index (χ4v) is 11.1. The summed E-state index contributed by atoms with van der Waals surface area (Å²) < 4.78 is 42.6. The number of methoxy groups -OCH3 is 2. The maximum atomic E-state index is 13.2. The lowest BCUT2D eigenvalue weighted by molar-refractivity contribution is -0.342. The largest absolute Gasteiger partial charge is 0.458 e. The van der Waals surface area contributed by atoms with Crippen molar-refractivity contribution in [3.63, 3.8) is 0 Å². The summed E-state index contributed by atoms with van der Waals surface area (Å²) in [6.07, 6.45) is 1.91. The number of Topliss-reactive ketones (excluding diaryl/α,β-unsaturated/α-hetero) is 1. The Bertz CT molecular complexity index is 1400. The molecule has 0 aromatic carbocycles. The van der Waals surface area contributed by atoms with Crippen molar-refractivity contribution in [2.45, 2.75) is 173 Å². The van der Waals surface area contributed by atoms with E-state index < -0.39 is 78.4 Å². The van der Waals surface area contributed by atoms with Crippen LogP contribution in [0.15, 0.2) is 23.3 Å². The number of aliphatic hydroxyl groups excluding tert-OH is 2. The molecule has 3 saturated carbocycles. The lowest BCUT2D eigenvalue weighted by atomic mass is 9.45. The van der Waals surface area contributed by atoms with Crippen LogP contribution in [-0.2, 0) is 42.7 Å². The van der Waals surface area contributed by atoms with E-state index in [0.29, 0.717) is 37.7 Å². The van der Waals surface area contributed by atoms with Gasteiger partial charge in [0.2, 0.25) is 0 Å². The number of hydrogen-bond acceptors (Lipinski definition) is 12. The molecule has 52 heavy (non-hydrogen) atoms. The van der Waals surface area contributed by atoms with Crippen molar-refractivity contribution in [2.24, 2.45) is 28.6 Å². The van der Waals surface area contributed by atoms with Crippen molar-refractivity contribution in [3.05, 3.63) is 23.3 Å². The minimum Gasteiger partial charge on any atom is -0.458 e. The molecule has 12 nitrogen and oxygen atoms in total. The van der Waals surface area contributed by atoms with Crippen molar-refractivity contribution in [3.8, 4) is 0 Å². The van der Waals surface area contributed by atoms with E-state index in [1.807, 2.05) is 20.8 Å².